The maximum atomic E-state index is 10.8. The molecule has 0 bridgehead atoms. The smallest absolute Gasteiger partial charge is 0.282 e. The molecule has 0 atom stereocenters. The second-order valence-corrected chi connectivity index (χ2v) is 4.45. The first-order valence-corrected chi connectivity index (χ1v) is 4.99. The minimum absolute atomic E-state index is 0.0116. The Morgan fingerprint density at radius 2 is 1.58 bits per heavy atom. The summed E-state index contributed by atoms with van der Waals surface area (Å²) in [6, 6.07) is 0. The molecule has 0 aromatic carbocycles. The maximum Gasteiger partial charge on any atom is 0.294 e. The fourth-order valence-electron chi connectivity index (χ4n) is 0.739. The molecule has 3 nitrogen and oxygen atoms in total. The summed E-state index contributed by atoms with van der Waals surface area (Å²) in [6.07, 6.45) is 1.45. The highest BCUT2D eigenvalue weighted by Crippen LogP contribution is 2.13. The highest BCUT2D eigenvalue weighted by molar-refractivity contribution is 7.90. The van der Waals surface area contributed by atoms with E-state index in [9.17, 15) is 8.42 Å². The third kappa shape index (κ3) is 3.69. The van der Waals surface area contributed by atoms with Crippen LogP contribution in [0.15, 0.2) is 22.1 Å². The van der Waals surface area contributed by atoms with E-state index in [2.05, 4.69) is 0 Å². The monoisotopic (exact) mass is 190 g/mol. The van der Waals surface area contributed by atoms with Crippen molar-refractivity contribution in [3.63, 3.8) is 0 Å². The molecular formula is C8H14O3S. The van der Waals surface area contributed by atoms with Crippen molar-refractivity contribution in [3.8, 4) is 0 Å². The largest absolute Gasteiger partial charge is 0.294 e. The van der Waals surface area contributed by atoms with Gasteiger partial charge in [0.05, 0.1) is 4.91 Å². The first-order valence-electron chi connectivity index (χ1n) is 3.55. The number of allylic oxidation sites excluding steroid dienone is 3. The zero-order valence-electron chi connectivity index (χ0n) is 7.75. The highest BCUT2D eigenvalue weighted by Gasteiger charge is 2.11. The SMILES string of the molecule is CC(C)=CC(=C(C)C)S(=O)(=O)O. The molecule has 0 aliphatic heterocycles. The van der Waals surface area contributed by atoms with Crippen LogP contribution in [0.5, 0.6) is 0 Å². The maximum absolute atomic E-state index is 10.8. The van der Waals surface area contributed by atoms with Crippen molar-refractivity contribution >= 4 is 10.1 Å². The zero-order chi connectivity index (χ0) is 9.94. The second kappa shape index (κ2) is 3.87. The molecule has 0 radical (unpaired) electrons. The molecule has 0 aliphatic rings. The lowest BCUT2D eigenvalue weighted by Gasteiger charge is -2.00. The number of hydrogen-bond donors (Lipinski definition) is 1. The molecule has 1 N–H and O–H groups in total. The van der Waals surface area contributed by atoms with Crippen LogP contribution in [-0.2, 0) is 10.1 Å². The summed E-state index contributed by atoms with van der Waals surface area (Å²) >= 11 is 0. The van der Waals surface area contributed by atoms with Crippen LogP contribution in [0.3, 0.4) is 0 Å². The topological polar surface area (TPSA) is 54.4 Å². The zero-order valence-corrected chi connectivity index (χ0v) is 8.57. The molecule has 4 heteroatoms. The van der Waals surface area contributed by atoms with E-state index in [1.165, 1.54) is 6.08 Å². The lowest BCUT2D eigenvalue weighted by molar-refractivity contribution is 0.491. The molecule has 0 rings (SSSR count). The second-order valence-electron chi connectivity index (χ2n) is 3.06. The summed E-state index contributed by atoms with van der Waals surface area (Å²) in [5.74, 6) is 0. The Morgan fingerprint density at radius 1 is 1.17 bits per heavy atom. The predicted octanol–water partition coefficient (Wildman–Crippen LogP) is 2.13. The Kier molecular flexibility index (Phi) is 3.67. The molecule has 0 unspecified atom stereocenters. The quantitative estimate of drug-likeness (QED) is 0.536. The van der Waals surface area contributed by atoms with Crippen molar-refractivity contribution in [3.05, 3.63) is 22.1 Å². The van der Waals surface area contributed by atoms with Gasteiger partial charge in [0.1, 0.15) is 0 Å². The van der Waals surface area contributed by atoms with E-state index in [4.69, 9.17) is 4.55 Å². The number of rotatable bonds is 2. The molecule has 0 spiro atoms. The first kappa shape index (κ1) is 11.4. The minimum Gasteiger partial charge on any atom is -0.282 e. The van der Waals surface area contributed by atoms with E-state index in [1.807, 2.05) is 0 Å². The molecule has 0 saturated carbocycles. The van der Waals surface area contributed by atoms with Gasteiger partial charge in [-0.2, -0.15) is 8.42 Å². The highest BCUT2D eigenvalue weighted by atomic mass is 32.2. The van der Waals surface area contributed by atoms with Crippen LogP contribution in [0, 0.1) is 0 Å². The van der Waals surface area contributed by atoms with Crippen molar-refractivity contribution in [1.29, 1.82) is 0 Å². The molecule has 0 heterocycles. The van der Waals surface area contributed by atoms with Gasteiger partial charge in [0, 0.05) is 0 Å². The molecule has 0 aliphatic carbocycles. The number of hydrogen-bond acceptors (Lipinski definition) is 2. The summed E-state index contributed by atoms with van der Waals surface area (Å²) in [4.78, 5) is -0.0116. The van der Waals surface area contributed by atoms with Crippen LogP contribution in [0.25, 0.3) is 0 Å². The molecule has 0 aromatic heterocycles. The van der Waals surface area contributed by atoms with Gasteiger partial charge in [0.15, 0.2) is 0 Å². The Morgan fingerprint density at radius 3 is 1.67 bits per heavy atom. The van der Waals surface area contributed by atoms with Crippen molar-refractivity contribution < 1.29 is 13.0 Å². The average molecular weight is 190 g/mol. The molecule has 0 fully saturated rings. The van der Waals surface area contributed by atoms with Gasteiger partial charge in [-0.1, -0.05) is 11.1 Å². The fourth-order valence-corrected chi connectivity index (χ4v) is 1.64. The third-order valence-electron chi connectivity index (χ3n) is 1.19. The Balaban J connectivity index is 5.29. The average Bonchev–Trinajstić information content (AvgIpc) is 1.79. The molecule has 0 amide bonds. The Bertz CT molecular complexity index is 312. The van der Waals surface area contributed by atoms with E-state index in [0.717, 1.165) is 5.57 Å². The minimum atomic E-state index is -4.06. The normalized spacial score (nSPS) is 10.8. The first-order chi connectivity index (χ1) is 5.25. The molecule has 70 valence electrons. The van der Waals surface area contributed by atoms with Gasteiger partial charge in [-0.05, 0) is 33.8 Å². The van der Waals surface area contributed by atoms with Gasteiger partial charge in [0.2, 0.25) is 0 Å². The van der Waals surface area contributed by atoms with Gasteiger partial charge in [-0.3, -0.25) is 4.55 Å². The van der Waals surface area contributed by atoms with E-state index in [-0.39, 0.29) is 4.91 Å². The van der Waals surface area contributed by atoms with Crippen LogP contribution < -0.4 is 0 Å². The van der Waals surface area contributed by atoms with E-state index < -0.39 is 10.1 Å². The molecule has 0 aromatic rings. The van der Waals surface area contributed by atoms with Gasteiger partial charge < -0.3 is 0 Å². The van der Waals surface area contributed by atoms with Crippen molar-refractivity contribution in [2.75, 3.05) is 0 Å². The van der Waals surface area contributed by atoms with Gasteiger partial charge >= 0.3 is 0 Å². The van der Waals surface area contributed by atoms with Crippen LogP contribution >= 0.6 is 0 Å². The van der Waals surface area contributed by atoms with Crippen molar-refractivity contribution in [2.24, 2.45) is 0 Å². The lowest BCUT2D eigenvalue weighted by atomic mass is 10.2. The van der Waals surface area contributed by atoms with Crippen LogP contribution in [0.4, 0.5) is 0 Å². The van der Waals surface area contributed by atoms with Crippen LogP contribution in [-0.4, -0.2) is 13.0 Å². The van der Waals surface area contributed by atoms with Gasteiger partial charge in [0.25, 0.3) is 10.1 Å². The predicted molar refractivity (Wildman–Crippen MR) is 49.4 cm³/mol. The van der Waals surface area contributed by atoms with E-state index in [0.29, 0.717) is 5.57 Å². The summed E-state index contributed by atoms with van der Waals surface area (Å²) in [5, 5.41) is 0. The lowest BCUT2D eigenvalue weighted by Crippen LogP contribution is -2.01. The third-order valence-corrected chi connectivity index (χ3v) is 2.27. The van der Waals surface area contributed by atoms with Gasteiger partial charge in [-0.15, -0.1) is 0 Å². The van der Waals surface area contributed by atoms with Crippen LogP contribution in [0.1, 0.15) is 27.7 Å². The Hall–Kier alpha value is -0.610. The van der Waals surface area contributed by atoms with E-state index >= 15 is 0 Å². The summed E-state index contributed by atoms with van der Waals surface area (Å²) in [7, 11) is -4.06. The van der Waals surface area contributed by atoms with Crippen LogP contribution in [0.2, 0.25) is 0 Å². The fraction of sp³-hybridized carbons (Fsp3) is 0.500. The van der Waals surface area contributed by atoms with E-state index in [1.54, 1.807) is 27.7 Å². The molecule has 0 saturated heterocycles. The van der Waals surface area contributed by atoms with Gasteiger partial charge in [-0.25, -0.2) is 0 Å². The van der Waals surface area contributed by atoms with Crippen molar-refractivity contribution in [1.82, 2.24) is 0 Å². The summed E-state index contributed by atoms with van der Waals surface area (Å²) in [5.41, 5.74) is 1.42. The standard InChI is InChI=1S/C8H14O3S/c1-6(2)5-8(7(3)4)12(9,10)11/h5H,1-4H3,(H,9,10,11). The molecule has 12 heavy (non-hydrogen) atoms. The Labute approximate surface area is 73.5 Å². The summed E-state index contributed by atoms with van der Waals surface area (Å²) in [6.45, 7) is 6.83. The molecular weight excluding hydrogens is 176 g/mol. The summed E-state index contributed by atoms with van der Waals surface area (Å²) < 4.78 is 30.3. The van der Waals surface area contributed by atoms with Crippen molar-refractivity contribution in [2.45, 2.75) is 27.7 Å².